The van der Waals surface area contributed by atoms with Gasteiger partial charge >= 0.3 is 6.18 Å². The van der Waals surface area contributed by atoms with Gasteiger partial charge in [0, 0.05) is 48.4 Å². The SMILES string of the molecule is Cc1cccc(C)c1-n1nc2c(c1-c1ccc(C)c3[nH]ncc13)CN(c1ncc(C(F)(F)F)cn1)CC2. The zero-order valence-electron chi connectivity index (χ0n) is 20.6. The molecule has 0 bridgehead atoms. The monoisotopic (exact) mass is 503 g/mol. The third-order valence-electron chi connectivity index (χ3n) is 7.01. The first-order valence-corrected chi connectivity index (χ1v) is 12.0. The van der Waals surface area contributed by atoms with Crippen LogP contribution < -0.4 is 4.90 Å². The molecule has 1 N–H and O–H groups in total. The first-order chi connectivity index (χ1) is 17.7. The molecule has 0 fully saturated rings. The minimum absolute atomic E-state index is 0.266. The van der Waals surface area contributed by atoms with Gasteiger partial charge in [0.2, 0.25) is 5.95 Å². The lowest BCUT2D eigenvalue weighted by Crippen LogP contribution is -2.31. The Balaban J connectivity index is 1.53. The normalized spacial score (nSPS) is 13.8. The molecule has 188 valence electrons. The van der Waals surface area contributed by atoms with Crippen molar-refractivity contribution in [2.75, 3.05) is 11.4 Å². The number of fused-ring (bicyclic) bond motifs is 2. The molecule has 1 aliphatic rings. The van der Waals surface area contributed by atoms with E-state index < -0.39 is 11.7 Å². The minimum Gasteiger partial charge on any atom is -0.336 e. The standard InChI is InChI=1S/C27H24F3N7/c1-15-7-8-19(20-13-33-34-23(15)20)25-21-14-36(26-31-11-18(12-32-26)27(28,29)30)10-9-22(21)35-37(25)24-16(2)5-4-6-17(24)3/h4-8,11-13H,9-10,14H2,1-3H3,(H,33,34). The zero-order chi connectivity index (χ0) is 25.9. The lowest BCUT2D eigenvalue weighted by molar-refractivity contribution is -0.138. The van der Waals surface area contributed by atoms with E-state index in [1.165, 1.54) is 0 Å². The van der Waals surface area contributed by atoms with Crippen LogP contribution in [0.3, 0.4) is 0 Å². The number of hydrogen-bond donors (Lipinski definition) is 1. The summed E-state index contributed by atoms with van der Waals surface area (Å²) in [5, 5.41) is 13.5. The van der Waals surface area contributed by atoms with Crippen molar-refractivity contribution in [3.05, 3.63) is 82.4 Å². The van der Waals surface area contributed by atoms with Gasteiger partial charge < -0.3 is 4.90 Å². The molecule has 2 aromatic carbocycles. The maximum absolute atomic E-state index is 13.0. The van der Waals surface area contributed by atoms with Gasteiger partial charge in [-0.2, -0.15) is 23.4 Å². The Labute approximate surface area is 211 Å². The Morgan fingerprint density at radius 2 is 1.65 bits per heavy atom. The number of anilines is 1. The van der Waals surface area contributed by atoms with E-state index in [0.29, 0.717) is 19.5 Å². The Hall–Kier alpha value is -4.21. The van der Waals surface area contributed by atoms with Crippen molar-refractivity contribution < 1.29 is 13.2 Å². The van der Waals surface area contributed by atoms with E-state index in [0.717, 1.165) is 68.2 Å². The summed E-state index contributed by atoms with van der Waals surface area (Å²) in [6, 6.07) is 10.3. The van der Waals surface area contributed by atoms with Crippen LogP contribution in [0.4, 0.5) is 19.1 Å². The highest BCUT2D eigenvalue weighted by Crippen LogP contribution is 2.39. The largest absolute Gasteiger partial charge is 0.419 e. The van der Waals surface area contributed by atoms with Crippen LogP contribution in [0.25, 0.3) is 27.8 Å². The smallest absolute Gasteiger partial charge is 0.336 e. The Kier molecular flexibility index (Phi) is 5.29. The Morgan fingerprint density at radius 1 is 0.919 bits per heavy atom. The molecule has 4 heterocycles. The number of aryl methyl sites for hydroxylation is 3. The first-order valence-electron chi connectivity index (χ1n) is 12.0. The van der Waals surface area contributed by atoms with Crippen molar-refractivity contribution in [3.8, 4) is 16.9 Å². The van der Waals surface area contributed by atoms with E-state index in [2.05, 4.69) is 58.3 Å². The number of benzene rings is 2. The summed E-state index contributed by atoms with van der Waals surface area (Å²) in [5.41, 5.74) is 8.28. The van der Waals surface area contributed by atoms with Gasteiger partial charge in [0.25, 0.3) is 0 Å². The molecule has 1 aliphatic heterocycles. The van der Waals surface area contributed by atoms with Crippen molar-refractivity contribution in [1.82, 2.24) is 29.9 Å². The lowest BCUT2D eigenvalue weighted by Gasteiger charge is -2.27. The van der Waals surface area contributed by atoms with Crippen LogP contribution in [0.1, 0.15) is 33.5 Å². The van der Waals surface area contributed by atoms with Crippen LogP contribution in [0.5, 0.6) is 0 Å². The number of H-pyrrole nitrogens is 1. The molecule has 6 rings (SSSR count). The summed E-state index contributed by atoms with van der Waals surface area (Å²) < 4.78 is 41.2. The Bertz CT molecular complexity index is 1610. The van der Waals surface area contributed by atoms with E-state index in [1.54, 1.807) is 0 Å². The number of rotatable bonds is 3. The minimum atomic E-state index is -4.48. The predicted octanol–water partition coefficient (Wildman–Crippen LogP) is 5.71. The number of alkyl halides is 3. The number of aromatic amines is 1. The number of nitrogens with one attached hydrogen (secondary N) is 1. The molecule has 37 heavy (non-hydrogen) atoms. The topological polar surface area (TPSA) is 75.5 Å². The molecular weight excluding hydrogens is 479 g/mol. The number of aromatic nitrogens is 6. The summed E-state index contributed by atoms with van der Waals surface area (Å²) in [6.07, 6.45) is -0.354. The second-order valence-electron chi connectivity index (χ2n) is 9.46. The van der Waals surface area contributed by atoms with Crippen LogP contribution in [0, 0.1) is 20.8 Å². The predicted molar refractivity (Wildman–Crippen MR) is 135 cm³/mol. The zero-order valence-corrected chi connectivity index (χ0v) is 20.6. The maximum atomic E-state index is 13.0. The second-order valence-corrected chi connectivity index (χ2v) is 9.46. The summed E-state index contributed by atoms with van der Waals surface area (Å²) in [4.78, 5) is 9.99. The van der Waals surface area contributed by atoms with Gasteiger partial charge in [-0.25, -0.2) is 14.6 Å². The van der Waals surface area contributed by atoms with Crippen molar-refractivity contribution in [3.63, 3.8) is 0 Å². The molecule has 5 aromatic rings. The van der Waals surface area contributed by atoms with Crippen LogP contribution in [-0.4, -0.2) is 36.5 Å². The van der Waals surface area contributed by atoms with E-state index >= 15 is 0 Å². The highest BCUT2D eigenvalue weighted by Gasteiger charge is 2.33. The van der Waals surface area contributed by atoms with E-state index in [9.17, 15) is 13.2 Å². The molecule has 0 amide bonds. The average Bonchev–Trinajstić information content (AvgIpc) is 3.50. The van der Waals surface area contributed by atoms with E-state index in [1.807, 2.05) is 28.8 Å². The number of para-hydroxylation sites is 1. The molecule has 0 saturated heterocycles. The average molecular weight is 504 g/mol. The van der Waals surface area contributed by atoms with Crippen LogP contribution in [0.15, 0.2) is 48.9 Å². The second kappa shape index (κ2) is 8.43. The molecule has 0 atom stereocenters. The van der Waals surface area contributed by atoms with Crippen LogP contribution >= 0.6 is 0 Å². The molecule has 7 nitrogen and oxygen atoms in total. The van der Waals surface area contributed by atoms with Gasteiger partial charge in [0.15, 0.2) is 0 Å². The lowest BCUT2D eigenvalue weighted by atomic mass is 9.97. The van der Waals surface area contributed by atoms with Gasteiger partial charge in [-0.15, -0.1) is 0 Å². The maximum Gasteiger partial charge on any atom is 0.419 e. The number of nitrogens with zero attached hydrogens (tertiary/aromatic N) is 6. The molecule has 0 radical (unpaired) electrons. The van der Waals surface area contributed by atoms with E-state index in [4.69, 9.17) is 5.10 Å². The van der Waals surface area contributed by atoms with Crippen LogP contribution in [-0.2, 0) is 19.1 Å². The molecule has 0 spiro atoms. The number of hydrogen-bond acceptors (Lipinski definition) is 5. The van der Waals surface area contributed by atoms with Crippen molar-refractivity contribution in [1.29, 1.82) is 0 Å². The van der Waals surface area contributed by atoms with Crippen molar-refractivity contribution in [2.45, 2.75) is 39.9 Å². The van der Waals surface area contributed by atoms with Gasteiger partial charge in [0.05, 0.1) is 34.4 Å². The number of halogens is 3. The Morgan fingerprint density at radius 3 is 2.35 bits per heavy atom. The molecule has 0 saturated carbocycles. The molecule has 3 aromatic heterocycles. The van der Waals surface area contributed by atoms with Crippen molar-refractivity contribution in [2.24, 2.45) is 0 Å². The highest BCUT2D eigenvalue weighted by molar-refractivity contribution is 5.96. The summed E-state index contributed by atoms with van der Waals surface area (Å²) >= 11 is 0. The van der Waals surface area contributed by atoms with Crippen LogP contribution in [0.2, 0.25) is 0 Å². The fraction of sp³-hybridized carbons (Fsp3) is 0.259. The fourth-order valence-electron chi connectivity index (χ4n) is 5.13. The fourth-order valence-corrected chi connectivity index (χ4v) is 5.13. The quantitative estimate of drug-likeness (QED) is 0.341. The third-order valence-corrected chi connectivity index (χ3v) is 7.01. The molecule has 0 unspecified atom stereocenters. The molecule has 0 aliphatic carbocycles. The first kappa shape index (κ1) is 23.2. The highest BCUT2D eigenvalue weighted by atomic mass is 19.4. The van der Waals surface area contributed by atoms with Gasteiger partial charge in [-0.1, -0.05) is 30.3 Å². The van der Waals surface area contributed by atoms with Crippen molar-refractivity contribution >= 4 is 16.9 Å². The van der Waals surface area contributed by atoms with Gasteiger partial charge in [0.1, 0.15) is 0 Å². The van der Waals surface area contributed by atoms with Gasteiger partial charge in [-0.3, -0.25) is 5.10 Å². The summed E-state index contributed by atoms with van der Waals surface area (Å²) in [6.45, 7) is 7.15. The third kappa shape index (κ3) is 3.83. The summed E-state index contributed by atoms with van der Waals surface area (Å²) in [7, 11) is 0. The molecular formula is C27H24F3N7. The van der Waals surface area contributed by atoms with Gasteiger partial charge in [-0.05, 0) is 37.5 Å². The summed E-state index contributed by atoms with van der Waals surface area (Å²) in [5.74, 6) is 0.266. The van der Waals surface area contributed by atoms with E-state index in [-0.39, 0.29) is 5.95 Å². The molecule has 10 heteroatoms.